The molecule has 2 heterocycles. The van der Waals surface area contributed by atoms with Gasteiger partial charge in [0.2, 0.25) is 11.8 Å². The molecule has 166 valence electrons. The number of aromatic nitrogens is 1. The van der Waals surface area contributed by atoms with Crippen molar-refractivity contribution in [1.82, 2.24) is 10.3 Å². The van der Waals surface area contributed by atoms with Crippen LogP contribution in [0.3, 0.4) is 0 Å². The van der Waals surface area contributed by atoms with Crippen LogP contribution in [0.25, 0.3) is 11.5 Å². The minimum absolute atomic E-state index is 0.195. The van der Waals surface area contributed by atoms with Crippen molar-refractivity contribution >= 4 is 22.9 Å². The van der Waals surface area contributed by atoms with Crippen molar-refractivity contribution in [1.29, 1.82) is 0 Å². The Morgan fingerprint density at radius 3 is 2.66 bits per heavy atom. The quantitative estimate of drug-likeness (QED) is 0.493. The van der Waals surface area contributed by atoms with Crippen LogP contribution in [-0.2, 0) is 17.8 Å². The molecule has 0 radical (unpaired) electrons. The minimum Gasteiger partial charge on any atom is -0.493 e. The zero-order valence-electron chi connectivity index (χ0n) is 17.9. The maximum atomic E-state index is 11.7. The first-order valence-electron chi connectivity index (χ1n) is 10.4. The number of nitrogens with zero attached hydrogens (tertiary/aromatic N) is 1. The summed E-state index contributed by atoms with van der Waals surface area (Å²) in [5, 5.41) is 1.76. The molecule has 8 heteroatoms. The molecule has 2 amide bonds. The van der Waals surface area contributed by atoms with Gasteiger partial charge in [0.1, 0.15) is 18.1 Å². The number of nitrogens with one attached hydrogen (secondary N) is 1. The van der Waals surface area contributed by atoms with E-state index in [1.165, 1.54) is 0 Å². The predicted octanol–water partition coefficient (Wildman–Crippen LogP) is 4.91. The van der Waals surface area contributed by atoms with Crippen molar-refractivity contribution in [2.24, 2.45) is 0 Å². The number of oxazole rings is 1. The van der Waals surface area contributed by atoms with Crippen LogP contribution in [0.2, 0.25) is 0 Å². The van der Waals surface area contributed by atoms with Gasteiger partial charge in [-0.05, 0) is 56.0 Å². The Morgan fingerprint density at radius 2 is 1.94 bits per heavy atom. The number of hydrogen-bond donors (Lipinski definition) is 1. The van der Waals surface area contributed by atoms with E-state index in [2.05, 4.69) is 10.3 Å². The van der Waals surface area contributed by atoms with Crippen LogP contribution in [0.5, 0.6) is 11.5 Å². The summed E-state index contributed by atoms with van der Waals surface area (Å²) < 4.78 is 17.3. The monoisotopic (exact) mass is 452 g/mol. The Kier molecular flexibility index (Phi) is 6.80. The van der Waals surface area contributed by atoms with Crippen LogP contribution < -0.4 is 14.8 Å². The van der Waals surface area contributed by atoms with E-state index >= 15 is 0 Å². The first-order valence-corrected chi connectivity index (χ1v) is 11.2. The molecule has 2 aromatic carbocycles. The fourth-order valence-corrected chi connectivity index (χ4v) is 4.34. The summed E-state index contributed by atoms with van der Waals surface area (Å²) in [6.07, 6.45) is 2.22. The van der Waals surface area contributed by atoms with E-state index < -0.39 is 0 Å². The third-order valence-electron chi connectivity index (χ3n) is 5.20. The van der Waals surface area contributed by atoms with Crippen LogP contribution >= 0.6 is 11.8 Å². The number of rotatable bonds is 9. The smallest absolute Gasteiger partial charge is 0.286 e. The molecule has 0 saturated carbocycles. The average molecular weight is 453 g/mol. The molecule has 4 rings (SSSR count). The van der Waals surface area contributed by atoms with E-state index in [0.717, 1.165) is 41.4 Å². The number of imide groups is 1. The van der Waals surface area contributed by atoms with E-state index in [1.54, 1.807) is 7.11 Å². The van der Waals surface area contributed by atoms with Crippen LogP contribution in [0.1, 0.15) is 29.9 Å². The molecular weight excluding hydrogens is 428 g/mol. The van der Waals surface area contributed by atoms with Gasteiger partial charge in [0.25, 0.3) is 5.24 Å². The van der Waals surface area contributed by atoms with Crippen LogP contribution in [0.15, 0.2) is 52.9 Å². The van der Waals surface area contributed by atoms with Crippen LogP contribution in [-0.4, -0.2) is 28.5 Å². The second kappa shape index (κ2) is 9.91. The van der Waals surface area contributed by atoms with E-state index in [0.29, 0.717) is 29.6 Å². The lowest BCUT2D eigenvalue weighted by Crippen LogP contribution is -2.24. The lowest BCUT2D eigenvalue weighted by Gasteiger charge is -2.12. The molecule has 1 N–H and O–H groups in total. The van der Waals surface area contributed by atoms with Gasteiger partial charge in [-0.2, -0.15) is 0 Å². The number of carbonyl (C=O) groups is 2. The van der Waals surface area contributed by atoms with E-state index in [4.69, 9.17) is 13.9 Å². The van der Waals surface area contributed by atoms with Crippen molar-refractivity contribution in [3.63, 3.8) is 0 Å². The number of aryl methyl sites for hydroxylation is 2. The highest BCUT2D eigenvalue weighted by Crippen LogP contribution is 2.31. The summed E-state index contributed by atoms with van der Waals surface area (Å²) in [5.74, 6) is 2.35. The first-order chi connectivity index (χ1) is 15.5. The zero-order chi connectivity index (χ0) is 22.5. The Hall–Kier alpha value is -3.26. The van der Waals surface area contributed by atoms with Gasteiger partial charge in [-0.3, -0.25) is 14.9 Å². The lowest BCUT2D eigenvalue weighted by molar-refractivity contribution is -0.119. The van der Waals surface area contributed by atoms with Crippen LogP contribution in [0.4, 0.5) is 4.79 Å². The van der Waals surface area contributed by atoms with E-state index in [9.17, 15) is 9.59 Å². The highest BCUT2D eigenvalue weighted by Gasteiger charge is 2.30. The lowest BCUT2D eigenvalue weighted by atomic mass is 10.1. The number of thioether (sulfide) groups is 1. The van der Waals surface area contributed by atoms with Gasteiger partial charge < -0.3 is 13.9 Å². The number of benzene rings is 2. The van der Waals surface area contributed by atoms with Gasteiger partial charge in [0.05, 0.1) is 12.4 Å². The Balaban J connectivity index is 1.36. The van der Waals surface area contributed by atoms with E-state index in [1.807, 2.05) is 55.5 Å². The summed E-state index contributed by atoms with van der Waals surface area (Å²) in [6, 6.07) is 15.5. The molecule has 1 aliphatic rings. The predicted molar refractivity (Wildman–Crippen MR) is 122 cm³/mol. The zero-order valence-corrected chi connectivity index (χ0v) is 18.7. The normalized spacial score (nSPS) is 15.6. The molecule has 7 nitrogen and oxygen atoms in total. The maximum absolute atomic E-state index is 11.7. The average Bonchev–Trinajstić information content (AvgIpc) is 3.33. The first kappa shape index (κ1) is 22.0. The molecule has 1 aromatic heterocycles. The van der Waals surface area contributed by atoms with Crippen molar-refractivity contribution in [2.45, 2.75) is 38.0 Å². The summed E-state index contributed by atoms with van der Waals surface area (Å²) in [4.78, 5) is 27.5. The SMILES string of the molecule is COc1cc(CCCC2SC(=O)NC2=O)ccc1OCc1nc(-c2ccccc2)oc1C. The number of amides is 2. The molecular formula is C24H24N2O5S. The molecule has 1 saturated heterocycles. The number of ether oxygens (including phenoxy) is 2. The summed E-state index contributed by atoms with van der Waals surface area (Å²) >= 11 is 1.07. The van der Waals surface area contributed by atoms with Gasteiger partial charge in [-0.15, -0.1) is 0 Å². The molecule has 0 spiro atoms. The fourth-order valence-electron chi connectivity index (χ4n) is 3.47. The van der Waals surface area contributed by atoms with Crippen molar-refractivity contribution in [3.8, 4) is 23.0 Å². The topological polar surface area (TPSA) is 90.7 Å². The highest BCUT2D eigenvalue weighted by molar-refractivity contribution is 8.15. The molecule has 1 atom stereocenters. The van der Waals surface area contributed by atoms with Crippen molar-refractivity contribution in [3.05, 3.63) is 65.5 Å². The maximum Gasteiger partial charge on any atom is 0.286 e. The highest BCUT2D eigenvalue weighted by atomic mass is 32.2. The van der Waals surface area contributed by atoms with Crippen molar-refractivity contribution < 1.29 is 23.5 Å². The van der Waals surface area contributed by atoms with Gasteiger partial charge in [-0.25, -0.2) is 4.98 Å². The Labute approximate surface area is 190 Å². The third-order valence-corrected chi connectivity index (χ3v) is 6.26. The van der Waals surface area contributed by atoms with Gasteiger partial charge >= 0.3 is 0 Å². The summed E-state index contributed by atoms with van der Waals surface area (Å²) in [7, 11) is 1.60. The molecule has 1 fully saturated rings. The van der Waals surface area contributed by atoms with Gasteiger partial charge in [0, 0.05) is 5.56 Å². The molecule has 1 aliphatic heterocycles. The van der Waals surface area contributed by atoms with Gasteiger partial charge in [-0.1, -0.05) is 36.0 Å². The number of carbonyl (C=O) groups excluding carboxylic acids is 2. The number of methoxy groups -OCH3 is 1. The Bertz CT molecular complexity index is 1110. The summed E-state index contributed by atoms with van der Waals surface area (Å²) in [5.41, 5.74) is 2.73. The molecule has 1 unspecified atom stereocenters. The second-order valence-corrected chi connectivity index (χ2v) is 8.61. The van der Waals surface area contributed by atoms with Crippen LogP contribution in [0, 0.1) is 6.92 Å². The second-order valence-electron chi connectivity index (χ2n) is 7.44. The van der Waals surface area contributed by atoms with E-state index in [-0.39, 0.29) is 23.0 Å². The fraction of sp³-hybridized carbons (Fsp3) is 0.292. The standard InChI is InChI=1S/C24H24N2O5S/c1-15-18(25-23(31-15)17-8-4-3-5-9-17)14-30-19-12-11-16(13-20(19)29-2)7-6-10-21-22(27)26-24(28)32-21/h3-5,8-9,11-13,21H,6-7,10,14H2,1-2H3,(H,26,27,28). The molecule has 32 heavy (non-hydrogen) atoms. The third kappa shape index (κ3) is 5.13. The number of hydrogen-bond acceptors (Lipinski definition) is 7. The minimum atomic E-state index is -0.293. The summed E-state index contributed by atoms with van der Waals surface area (Å²) in [6.45, 7) is 2.13. The van der Waals surface area contributed by atoms with Gasteiger partial charge in [0.15, 0.2) is 11.5 Å². The van der Waals surface area contributed by atoms with Crippen molar-refractivity contribution in [2.75, 3.05) is 7.11 Å². The largest absolute Gasteiger partial charge is 0.493 e. The molecule has 0 aliphatic carbocycles. The Morgan fingerprint density at radius 1 is 1.12 bits per heavy atom. The molecule has 3 aromatic rings. The molecule has 0 bridgehead atoms.